The van der Waals surface area contributed by atoms with Gasteiger partial charge in [-0.15, -0.1) is 10.2 Å². The zero-order valence-electron chi connectivity index (χ0n) is 24.1. The van der Waals surface area contributed by atoms with Gasteiger partial charge in [-0.3, -0.25) is 0 Å². The van der Waals surface area contributed by atoms with Crippen molar-refractivity contribution in [1.29, 1.82) is 0 Å². The van der Waals surface area contributed by atoms with Gasteiger partial charge < -0.3 is 4.74 Å². The normalized spacial score (nSPS) is 20.6. The molecule has 0 N–H and O–H groups in total. The molecule has 3 rings (SSSR count). The van der Waals surface area contributed by atoms with Crippen LogP contribution in [0.2, 0.25) is 0 Å². The van der Waals surface area contributed by atoms with Crippen molar-refractivity contribution in [3.05, 3.63) is 41.3 Å². The summed E-state index contributed by atoms with van der Waals surface area (Å²) in [5.74, 6) is -62.6. The van der Waals surface area contributed by atoms with E-state index >= 15 is 4.39 Å². The molecule has 1 aromatic rings. The monoisotopic (exact) mass is 773 g/mol. The van der Waals surface area contributed by atoms with Crippen LogP contribution in [-0.2, 0) is 10.6 Å². The molecule has 1 aliphatic carbocycles. The van der Waals surface area contributed by atoms with Gasteiger partial charge in [-0.2, -0.15) is 84.5 Å². The first-order valence-corrected chi connectivity index (χ1v) is 13.6. The highest BCUT2D eigenvalue weighted by Crippen LogP contribution is 2.63. The van der Waals surface area contributed by atoms with Crippen LogP contribution in [-0.4, -0.2) is 63.8 Å². The number of aromatic nitrogens is 2. The minimum atomic E-state index is -8.83. The average Bonchev–Trinajstić information content (AvgIpc) is 3.84. The van der Waals surface area contributed by atoms with Crippen molar-refractivity contribution in [2.45, 2.75) is 92.6 Å². The van der Waals surface area contributed by atoms with Crippen molar-refractivity contribution in [2.24, 2.45) is 5.92 Å². The molecule has 1 aliphatic heterocycles. The van der Waals surface area contributed by atoms with Gasteiger partial charge in [-0.05, 0) is 18.4 Å². The van der Waals surface area contributed by atoms with E-state index in [-0.39, 0.29) is 12.7 Å². The fourth-order valence-electron chi connectivity index (χ4n) is 4.14. The molecule has 5 nitrogen and oxygen atoms in total. The maximum absolute atomic E-state index is 15.9. The molecule has 0 aromatic carbocycles. The first-order chi connectivity index (χ1) is 22.5. The van der Waals surface area contributed by atoms with Crippen LogP contribution in [0.5, 0.6) is 5.88 Å². The zero-order valence-corrected chi connectivity index (χ0v) is 24.1. The minimum absolute atomic E-state index is 0.0243. The summed E-state index contributed by atoms with van der Waals surface area (Å²) in [5, 5.41) is 3.33. The Hall–Kier alpha value is -3.28. The number of allylic oxidation sites excluding steroid dienone is 2. The van der Waals surface area contributed by atoms with E-state index in [4.69, 9.17) is 4.74 Å². The van der Waals surface area contributed by atoms with Crippen LogP contribution in [0.3, 0.4) is 0 Å². The largest absolute Gasteiger partial charge is 0.477 e. The number of halogens is 20. The maximum atomic E-state index is 15.9. The summed E-state index contributed by atoms with van der Waals surface area (Å²) in [6, 6.07) is 0.466. The third-order valence-electron chi connectivity index (χ3n) is 7.25. The molecule has 0 amide bonds. The molecule has 25 heteroatoms. The van der Waals surface area contributed by atoms with E-state index in [0.29, 0.717) is 24.8 Å². The Morgan fingerprint density at radius 1 is 0.660 bits per heavy atom. The summed E-state index contributed by atoms with van der Waals surface area (Å²) >= 11 is 0. The molecule has 0 bridgehead atoms. The zero-order chi connectivity index (χ0) is 38.5. The van der Waals surface area contributed by atoms with Crippen LogP contribution in [0.1, 0.15) is 50.6 Å². The molecule has 1 saturated carbocycles. The van der Waals surface area contributed by atoms with Crippen molar-refractivity contribution in [3.63, 3.8) is 0 Å². The Labute approximate surface area is 265 Å². The minimum Gasteiger partial charge on any atom is -0.477 e. The first kappa shape index (κ1) is 41.1. The predicted molar refractivity (Wildman–Crippen MR) is 123 cm³/mol. The third-order valence-corrected chi connectivity index (χ3v) is 7.25. The van der Waals surface area contributed by atoms with Crippen molar-refractivity contribution >= 4 is 0 Å². The highest BCUT2D eigenvalue weighted by Gasteiger charge is 2.94. The van der Waals surface area contributed by atoms with Crippen molar-refractivity contribution in [1.82, 2.24) is 15.3 Å². The van der Waals surface area contributed by atoms with E-state index in [1.165, 1.54) is 0 Å². The van der Waals surface area contributed by atoms with Gasteiger partial charge in [0.1, 0.15) is 5.69 Å². The van der Waals surface area contributed by atoms with Gasteiger partial charge in [0.2, 0.25) is 23.4 Å². The molecule has 0 spiro atoms. The first-order valence-electron chi connectivity index (χ1n) is 13.6. The Balaban J connectivity index is 1.93. The topological polar surface area (TPSA) is 47.5 Å². The van der Waals surface area contributed by atoms with Crippen LogP contribution in [0.4, 0.5) is 87.8 Å². The van der Waals surface area contributed by atoms with E-state index in [1.807, 2.05) is 0 Å². The molecular formula is C25H19F20N3O2. The predicted octanol–water partition coefficient (Wildman–Crippen LogP) is 10.2. The van der Waals surface area contributed by atoms with E-state index in [1.54, 1.807) is 0 Å². The van der Waals surface area contributed by atoms with Gasteiger partial charge in [0.25, 0.3) is 5.95 Å². The highest BCUT2D eigenvalue weighted by molar-refractivity contribution is 5.37. The number of hydroxylamine groups is 2. The van der Waals surface area contributed by atoms with Crippen LogP contribution in [0, 0.1) is 5.92 Å². The number of rotatable bonds is 16. The second kappa shape index (κ2) is 13.4. The summed E-state index contributed by atoms with van der Waals surface area (Å²) in [6.45, 7) is -0.132. The Bertz CT molecular complexity index is 1440. The van der Waals surface area contributed by atoms with Crippen molar-refractivity contribution in [2.75, 3.05) is 6.61 Å². The average molecular weight is 773 g/mol. The van der Waals surface area contributed by atoms with Gasteiger partial charge >= 0.3 is 47.7 Å². The van der Waals surface area contributed by atoms with E-state index in [2.05, 4.69) is 15.0 Å². The van der Waals surface area contributed by atoms with E-state index in [0.717, 1.165) is 32.1 Å². The molecule has 1 atom stereocenters. The maximum Gasteiger partial charge on any atom is 0.460 e. The number of alkyl halides is 16. The lowest BCUT2D eigenvalue weighted by Gasteiger charge is -2.43. The number of ether oxygens (including phenoxy) is 1. The summed E-state index contributed by atoms with van der Waals surface area (Å²) in [6.07, 6.45) is -9.88. The van der Waals surface area contributed by atoms with Gasteiger partial charge in [0.15, 0.2) is 0 Å². The Morgan fingerprint density at radius 3 is 1.68 bits per heavy atom. The van der Waals surface area contributed by atoms with Crippen molar-refractivity contribution in [3.8, 4) is 5.88 Å². The van der Waals surface area contributed by atoms with Crippen molar-refractivity contribution < 1.29 is 97.4 Å². The summed E-state index contributed by atoms with van der Waals surface area (Å²) in [7, 11) is 0. The lowest BCUT2D eigenvalue weighted by Crippen LogP contribution is -2.73. The van der Waals surface area contributed by atoms with Crippen LogP contribution < -0.4 is 4.74 Å². The molecular weight excluding hydrogens is 754 g/mol. The fraction of sp³-hybridized carbons (Fsp3) is 0.680. The molecule has 1 unspecified atom stereocenters. The second-order valence-electron chi connectivity index (χ2n) is 10.9. The SMILES string of the molecule is FC1=C(F)N(OC(F)(F)C(F)(F)C(F)(F)C(F)(F)C(F)(F)C(F)(F)C(F)(F)F)C(F)(c2ccc(OCCCCCCC3CC3)nn2)C(F)=C1F. The molecule has 0 saturated heterocycles. The summed E-state index contributed by atoms with van der Waals surface area (Å²) in [4.78, 5) is 2.52. The summed E-state index contributed by atoms with van der Waals surface area (Å²) < 4.78 is 281. The van der Waals surface area contributed by atoms with Gasteiger partial charge in [-0.25, -0.2) is 13.2 Å². The number of nitrogens with zero attached hydrogens (tertiary/aromatic N) is 3. The second-order valence-corrected chi connectivity index (χ2v) is 10.9. The lowest BCUT2D eigenvalue weighted by molar-refractivity contribution is -0.501. The third kappa shape index (κ3) is 6.73. The molecule has 2 aliphatic rings. The lowest BCUT2D eigenvalue weighted by atomic mass is 9.93. The Kier molecular flexibility index (Phi) is 11.0. The Morgan fingerprint density at radius 2 is 1.18 bits per heavy atom. The molecule has 0 radical (unpaired) electrons. The number of unbranched alkanes of at least 4 members (excludes halogenated alkanes) is 3. The molecule has 1 fully saturated rings. The highest BCUT2D eigenvalue weighted by atomic mass is 19.4. The van der Waals surface area contributed by atoms with Gasteiger partial charge in [0, 0.05) is 6.07 Å². The van der Waals surface area contributed by atoms with Gasteiger partial charge in [-0.1, -0.05) is 38.5 Å². The van der Waals surface area contributed by atoms with E-state index in [9.17, 15) is 83.4 Å². The van der Waals surface area contributed by atoms with Crippen LogP contribution in [0.15, 0.2) is 35.6 Å². The fourth-order valence-corrected chi connectivity index (χ4v) is 4.14. The standard InChI is InChI=1S/C25H19F20N3O2/c26-14-15(27)17(29)48(18(30,16(14)28)12-8-9-13(47-46-12)49-10-4-2-1-3-5-11-6-7-11)50-25(44,45)23(39,40)21(35,36)19(31,32)20(33,34)22(37,38)24(41,42)43/h8-9,11H,1-7,10H2. The molecule has 1 aromatic heterocycles. The number of hydrogen-bond acceptors (Lipinski definition) is 5. The molecule has 50 heavy (non-hydrogen) atoms. The molecule has 286 valence electrons. The van der Waals surface area contributed by atoms with Crippen LogP contribution in [0.25, 0.3) is 0 Å². The quantitative estimate of drug-likeness (QED) is 0.0952. The summed E-state index contributed by atoms with van der Waals surface area (Å²) in [5.41, 5.74) is -2.09. The smallest absolute Gasteiger partial charge is 0.460 e. The van der Waals surface area contributed by atoms with Gasteiger partial charge in [0.05, 0.1) is 6.61 Å². The molecule has 2 heterocycles. The van der Waals surface area contributed by atoms with E-state index < -0.39 is 87.8 Å². The number of hydrogen-bond donors (Lipinski definition) is 0. The van der Waals surface area contributed by atoms with Crippen LogP contribution >= 0.6 is 0 Å².